The molecule has 0 radical (unpaired) electrons. The third-order valence-corrected chi connectivity index (χ3v) is 3.77. The van der Waals surface area contributed by atoms with Gasteiger partial charge in [0, 0.05) is 15.6 Å². The quantitative estimate of drug-likeness (QED) is 0.848. The van der Waals surface area contributed by atoms with E-state index in [4.69, 9.17) is 27.9 Å². The molecule has 0 amide bonds. The van der Waals surface area contributed by atoms with Gasteiger partial charge < -0.3 is 10.1 Å². The molecule has 0 aliphatic carbocycles. The van der Waals surface area contributed by atoms with Crippen molar-refractivity contribution in [3.63, 3.8) is 0 Å². The maximum Gasteiger partial charge on any atom is 0.170 e. The summed E-state index contributed by atoms with van der Waals surface area (Å²) in [6.45, 7) is 2.62. The largest absolute Gasteiger partial charge is 0.494 e. The fourth-order valence-electron chi connectivity index (χ4n) is 2.24. The summed E-state index contributed by atoms with van der Waals surface area (Å²) in [5.74, 6) is -0.183. The molecule has 2 aromatic rings. The topological polar surface area (TPSA) is 21.3 Å². The van der Waals surface area contributed by atoms with Gasteiger partial charge in [-0.15, -0.1) is 0 Å². The van der Waals surface area contributed by atoms with E-state index in [0.717, 1.165) is 5.56 Å². The summed E-state index contributed by atoms with van der Waals surface area (Å²) >= 11 is 12.2. The first-order chi connectivity index (χ1) is 10.1. The molecular formula is C16H16Cl2FNO. The van der Waals surface area contributed by atoms with E-state index in [2.05, 4.69) is 5.32 Å². The number of benzene rings is 2. The van der Waals surface area contributed by atoms with Crippen molar-refractivity contribution in [2.75, 3.05) is 13.7 Å². The van der Waals surface area contributed by atoms with Crippen molar-refractivity contribution in [2.45, 2.75) is 13.0 Å². The van der Waals surface area contributed by atoms with Gasteiger partial charge in [-0.3, -0.25) is 0 Å². The van der Waals surface area contributed by atoms with Gasteiger partial charge in [-0.25, -0.2) is 4.39 Å². The predicted molar refractivity (Wildman–Crippen MR) is 84.9 cm³/mol. The molecule has 1 N–H and O–H groups in total. The third kappa shape index (κ3) is 3.49. The van der Waals surface area contributed by atoms with E-state index in [0.29, 0.717) is 22.2 Å². The Bertz CT molecular complexity index is 634. The lowest BCUT2D eigenvalue weighted by molar-refractivity contribution is 0.382. The maximum atomic E-state index is 14.5. The minimum absolute atomic E-state index is 0.209. The van der Waals surface area contributed by atoms with Crippen molar-refractivity contribution in [3.05, 3.63) is 63.4 Å². The van der Waals surface area contributed by atoms with Gasteiger partial charge in [0.25, 0.3) is 0 Å². The Kier molecular flexibility index (Phi) is 5.45. The molecule has 0 heterocycles. The number of hydrogen-bond acceptors (Lipinski definition) is 2. The third-order valence-electron chi connectivity index (χ3n) is 3.21. The highest BCUT2D eigenvalue weighted by atomic mass is 35.5. The minimum Gasteiger partial charge on any atom is -0.494 e. The highest BCUT2D eigenvalue weighted by Crippen LogP contribution is 2.33. The molecule has 2 nitrogen and oxygen atoms in total. The van der Waals surface area contributed by atoms with Crippen molar-refractivity contribution < 1.29 is 9.13 Å². The molecule has 0 aromatic heterocycles. The number of methoxy groups -OCH3 is 1. The van der Waals surface area contributed by atoms with E-state index in [1.807, 2.05) is 6.92 Å². The summed E-state index contributed by atoms with van der Waals surface area (Å²) < 4.78 is 19.6. The van der Waals surface area contributed by atoms with Crippen LogP contribution in [0.4, 0.5) is 4.39 Å². The van der Waals surface area contributed by atoms with Gasteiger partial charge in [-0.2, -0.15) is 0 Å². The Morgan fingerprint density at radius 3 is 2.57 bits per heavy atom. The van der Waals surface area contributed by atoms with Gasteiger partial charge in [0.15, 0.2) is 11.6 Å². The SMILES string of the molecule is CCNC(c1ccc(Cl)cc1Cl)c1cccc(OC)c1F. The smallest absolute Gasteiger partial charge is 0.170 e. The van der Waals surface area contributed by atoms with Crippen LogP contribution in [0.1, 0.15) is 24.1 Å². The average Bonchev–Trinajstić information content (AvgIpc) is 2.46. The van der Waals surface area contributed by atoms with E-state index in [1.165, 1.54) is 7.11 Å². The second-order valence-corrected chi connectivity index (χ2v) is 5.36. The summed E-state index contributed by atoms with van der Waals surface area (Å²) in [4.78, 5) is 0. The van der Waals surface area contributed by atoms with Gasteiger partial charge in [0.2, 0.25) is 0 Å². The van der Waals surface area contributed by atoms with Gasteiger partial charge in [-0.05, 0) is 30.3 Å². The first kappa shape index (κ1) is 16.1. The Labute approximate surface area is 133 Å². The van der Waals surface area contributed by atoms with Crippen LogP contribution in [0.5, 0.6) is 5.75 Å². The monoisotopic (exact) mass is 327 g/mol. The number of halogens is 3. The molecule has 0 spiro atoms. The molecule has 1 atom stereocenters. The van der Waals surface area contributed by atoms with Crippen LogP contribution in [0, 0.1) is 5.82 Å². The first-order valence-electron chi connectivity index (χ1n) is 6.59. The van der Waals surface area contributed by atoms with Gasteiger partial charge in [0.1, 0.15) is 0 Å². The van der Waals surface area contributed by atoms with Crippen LogP contribution in [0.15, 0.2) is 36.4 Å². The van der Waals surface area contributed by atoms with Crippen LogP contribution in [0.25, 0.3) is 0 Å². The van der Waals surface area contributed by atoms with Gasteiger partial charge in [-0.1, -0.05) is 48.3 Å². The van der Waals surface area contributed by atoms with Crippen LogP contribution in [0.2, 0.25) is 10.0 Å². The van der Waals surface area contributed by atoms with Crippen LogP contribution < -0.4 is 10.1 Å². The molecule has 2 rings (SSSR count). The van der Waals surface area contributed by atoms with Crippen molar-refractivity contribution in [3.8, 4) is 5.75 Å². The lowest BCUT2D eigenvalue weighted by Gasteiger charge is -2.21. The molecule has 0 aliphatic rings. The fourth-order valence-corrected chi connectivity index (χ4v) is 2.75. The molecule has 0 saturated carbocycles. The number of rotatable bonds is 5. The Hall–Kier alpha value is -1.29. The Morgan fingerprint density at radius 1 is 1.19 bits per heavy atom. The fraction of sp³-hybridized carbons (Fsp3) is 0.250. The summed E-state index contributed by atoms with van der Waals surface area (Å²) in [5, 5.41) is 4.29. The van der Waals surface area contributed by atoms with Gasteiger partial charge in [0.05, 0.1) is 13.2 Å². The standard InChI is InChI=1S/C16H16Cl2FNO/c1-3-20-16(11-8-7-10(17)9-13(11)18)12-5-4-6-14(21-2)15(12)19/h4-9,16,20H,3H2,1-2H3. The normalized spacial score (nSPS) is 12.2. The predicted octanol–water partition coefficient (Wildman–Crippen LogP) is 4.84. The average molecular weight is 328 g/mol. The summed E-state index contributed by atoms with van der Waals surface area (Å²) in [6.07, 6.45) is 0. The van der Waals surface area contributed by atoms with E-state index in [9.17, 15) is 4.39 Å². The number of nitrogens with one attached hydrogen (secondary N) is 1. The van der Waals surface area contributed by atoms with E-state index < -0.39 is 5.82 Å². The lowest BCUT2D eigenvalue weighted by atomic mass is 9.97. The van der Waals surface area contributed by atoms with E-state index in [-0.39, 0.29) is 11.8 Å². The van der Waals surface area contributed by atoms with Crippen LogP contribution in [0.3, 0.4) is 0 Å². The molecule has 2 aromatic carbocycles. The molecular weight excluding hydrogens is 312 g/mol. The zero-order chi connectivity index (χ0) is 15.4. The summed E-state index contributed by atoms with van der Waals surface area (Å²) in [6, 6.07) is 9.89. The highest BCUT2D eigenvalue weighted by molar-refractivity contribution is 6.35. The molecule has 0 aliphatic heterocycles. The molecule has 5 heteroatoms. The van der Waals surface area contributed by atoms with Crippen molar-refractivity contribution >= 4 is 23.2 Å². The number of ether oxygens (including phenoxy) is 1. The van der Waals surface area contributed by atoms with E-state index in [1.54, 1.807) is 36.4 Å². The van der Waals surface area contributed by atoms with Crippen LogP contribution >= 0.6 is 23.2 Å². The van der Waals surface area contributed by atoms with Crippen LogP contribution in [-0.4, -0.2) is 13.7 Å². The first-order valence-corrected chi connectivity index (χ1v) is 7.34. The summed E-state index contributed by atoms with van der Waals surface area (Å²) in [7, 11) is 1.44. The van der Waals surface area contributed by atoms with Gasteiger partial charge >= 0.3 is 0 Å². The zero-order valence-corrected chi connectivity index (χ0v) is 13.3. The molecule has 0 saturated heterocycles. The molecule has 21 heavy (non-hydrogen) atoms. The Balaban J connectivity index is 2.53. The van der Waals surface area contributed by atoms with Crippen molar-refractivity contribution in [2.24, 2.45) is 0 Å². The van der Waals surface area contributed by atoms with Crippen molar-refractivity contribution in [1.82, 2.24) is 5.32 Å². The molecule has 0 fully saturated rings. The van der Waals surface area contributed by atoms with E-state index >= 15 is 0 Å². The second-order valence-electron chi connectivity index (χ2n) is 4.52. The number of hydrogen-bond donors (Lipinski definition) is 1. The Morgan fingerprint density at radius 2 is 1.95 bits per heavy atom. The van der Waals surface area contributed by atoms with Crippen LogP contribution in [-0.2, 0) is 0 Å². The van der Waals surface area contributed by atoms with Crippen molar-refractivity contribution in [1.29, 1.82) is 0 Å². The molecule has 1 unspecified atom stereocenters. The second kappa shape index (κ2) is 7.12. The zero-order valence-electron chi connectivity index (χ0n) is 11.8. The lowest BCUT2D eigenvalue weighted by Crippen LogP contribution is -2.23. The maximum absolute atomic E-state index is 14.5. The highest BCUT2D eigenvalue weighted by Gasteiger charge is 2.21. The summed E-state index contributed by atoms with van der Waals surface area (Å²) in [5.41, 5.74) is 1.26. The minimum atomic E-state index is -0.392. The molecule has 0 bridgehead atoms. The molecule has 112 valence electrons.